The van der Waals surface area contributed by atoms with Crippen molar-refractivity contribution in [2.24, 2.45) is 0 Å². The highest BCUT2D eigenvalue weighted by Crippen LogP contribution is 2.48. The van der Waals surface area contributed by atoms with Crippen LogP contribution in [0.3, 0.4) is 0 Å². The molecule has 3 aromatic heterocycles. The molecule has 0 unspecified atom stereocenters. The molecule has 0 saturated heterocycles. The number of para-hydroxylation sites is 2. The summed E-state index contributed by atoms with van der Waals surface area (Å²) >= 11 is 0. The topological polar surface area (TPSA) is 8.82 Å². The van der Waals surface area contributed by atoms with E-state index in [0.29, 0.717) is 0 Å². The molecule has 0 radical (unpaired) electrons. The molecule has 0 aliphatic heterocycles. The zero-order valence-electron chi connectivity index (χ0n) is 29.2. The van der Waals surface area contributed by atoms with Gasteiger partial charge in [0.1, 0.15) is 0 Å². The minimum absolute atomic E-state index is 1.22. The van der Waals surface area contributed by atoms with Gasteiger partial charge in [0, 0.05) is 21.5 Å². The molecule has 0 aliphatic carbocycles. The van der Waals surface area contributed by atoms with Gasteiger partial charge in [-0.1, -0.05) is 158 Å². The van der Waals surface area contributed by atoms with Crippen molar-refractivity contribution in [2.75, 3.05) is 0 Å². The van der Waals surface area contributed by atoms with E-state index in [2.05, 4.69) is 191 Å². The molecule has 2 nitrogen and oxygen atoms in total. The first kappa shape index (κ1) is 28.4. The van der Waals surface area contributed by atoms with Crippen molar-refractivity contribution in [3.8, 4) is 22.3 Å². The largest absolute Gasteiger partial charge is 0.305 e. The standard InChI is InChI=1S/C52H30N2/c1-3-17-33-31(13-1)15-9-23-35(33)43-29-47-49(39-21-7-5-19-37(39)43)41-25-11-28-46-51(41)53(47)45-27-12-26-42-50-40-22-8-6-20-38(40)44(30-48(50)54(46)52(42)45)36-24-10-16-32-14-2-4-18-34(32)36/h1-30H. The van der Waals surface area contributed by atoms with Gasteiger partial charge in [-0.15, -0.1) is 0 Å². The number of fused-ring (bicyclic) bond motifs is 14. The third-order valence-corrected chi connectivity index (χ3v) is 12.2. The Kier molecular flexibility index (Phi) is 5.39. The molecular formula is C52H30N2. The predicted octanol–water partition coefficient (Wildman–Crippen LogP) is 14.2. The first-order chi connectivity index (χ1) is 26.8. The Morgan fingerprint density at radius 1 is 0.241 bits per heavy atom. The highest BCUT2D eigenvalue weighted by molar-refractivity contribution is 6.31. The van der Waals surface area contributed by atoms with Crippen LogP contribution in [0.4, 0.5) is 0 Å². The first-order valence-corrected chi connectivity index (χ1v) is 18.8. The highest BCUT2D eigenvalue weighted by atomic mass is 15.0. The molecule has 0 spiro atoms. The quantitative estimate of drug-likeness (QED) is 0.161. The molecule has 13 rings (SSSR count). The van der Waals surface area contributed by atoms with Gasteiger partial charge in [0.25, 0.3) is 0 Å². The van der Waals surface area contributed by atoms with Crippen molar-refractivity contribution >= 4 is 97.7 Å². The van der Waals surface area contributed by atoms with Crippen LogP contribution in [0.5, 0.6) is 0 Å². The van der Waals surface area contributed by atoms with E-state index in [0.717, 1.165) is 0 Å². The van der Waals surface area contributed by atoms with Crippen LogP contribution in [-0.2, 0) is 0 Å². The van der Waals surface area contributed by atoms with E-state index in [4.69, 9.17) is 0 Å². The highest BCUT2D eigenvalue weighted by Gasteiger charge is 2.25. The van der Waals surface area contributed by atoms with Crippen molar-refractivity contribution in [1.29, 1.82) is 0 Å². The van der Waals surface area contributed by atoms with E-state index >= 15 is 0 Å². The minimum Gasteiger partial charge on any atom is -0.305 e. The van der Waals surface area contributed by atoms with Gasteiger partial charge in [-0.3, -0.25) is 0 Å². The molecule has 54 heavy (non-hydrogen) atoms. The summed E-state index contributed by atoms with van der Waals surface area (Å²) in [4.78, 5) is 0. The lowest BCUT2D eigenvalue weighted by molar-refractivity contribution is 1.26. The smallest absolute Gasteiger partial charge is 0.0783 e. The minimum atomic E-state index is 1.22. The van der Waals surface area contributed by atoms with Crippen molar-refractivity contribution in [2.45, 2.75) is 0 Å². The van der Waals surface area contributed by atoms with Gasteiger partial charge < -0.3 is 8.80 Å². The lowest BCUT2D eigenvalue weighted by atomic mass is 9.92. The summed E-state index contributed by atoms with van der Waals surface area (Å²) in [5.41, 5.74) is 12.5. The molecule has 0 amide bonds. The van der Waals surface area contributed by atoms with Crippen LogP contribution in [0.2, 0.25) is 0 Å². The number of nitrogens with zero attached hydrogens (tertiary/aromatic N) is 2. The molecule has 0 atom stereocenters. The summed E-state index contributed by atoms with van der Waals surface area (Å²) in [5, 5.41) is 15.4. The average Bonchev–Trinajstić information content (AvgIpc) is 3.76. The molecule has 10 aromatic carbocycles. The fourth-order valence-corrected chi connectivity index (χ4v) is 10.0. The predicted molar refractivity (Wildman–Crippen MR) is 230 cm³/mol. The van der Waals surface area contributed by atoms with Gasteiger partial charge >= 0.3 is 0 Å². The van der Waals surface area contributed by atoms with Crippen molar-refractivity contribution in [1.82, 2.24) is 8.80 Å². The van der Waals surface area contributed by atoms with E-state index in [1.54, 1.807) is 0 Å². The van der Waals surface area contributed by atoms with Gasteiger partial charge in [0.05, 0.1) is 33.1 Å². The molecule has 0 bridgehead atoms. The normalized spacial score (nSPS) is 12.4. The number of rotatable bonds is 2. The number of hydrogen-bond acceptors (Lipinski definition) is 0. The molecular weight excluding hydrogens is 653 g/mol. The Morgan fingerprint density at radius 2 is 0.593 bits per heavy atom. The number of hydrogen-bond donors (Lipinski definition) is 0. The SMILES string of the molecule is c1ccc2c(-c3cc4c(c5ccccc35)c3cccc5c3n4c3cccc4c6c7ccccc7c(-c7cccc8ccccc78)cc6n5c43)cccc2c1. The van der Waals surface area contributed by atoms with Crippen molar-refractivity contribution in [3.05, 3.63) is 182 Å². The second-order valence-corrected chi connectivity index (χ2v) is 14.8. The fraction of sp³-hybridized carbons (Fsp3) is 0. The van der Waals surface area contributed by atoms with Crippen LogP contribution in [-0.4, -0.2) is 8.80 Å². The Bertz CT molecular complexity index is 3470. The third-order valence-electron chi connectivity index (χ3n) is 12.2. The summed E-state index contributed by atoms with van der Waals surface area (Å²) < 4.78 is 5.13. The third kappa shape index (κ3) is 3.50. The molecule has 2 heteroatoms. The van der Waals surface area contributed by atoms with Crippen molar-refractivity contribution in [3.63, 3.8) is 0 Å². The van der Waals surface area contributed by atoms with Gasteiger partial charge in [-0.05, 0) is 89.6 Å². The summed E-state index contributed by atoms with van der Waals surface area (Å²) in [7, 11) is 0. The first-order valence-electron chi connectivity index (χ1n) is 18.8. The van der Waals surface area contributed by atoms with Gasteiger partial charge in [0.2, 0.25) is 0 Å². The summed E-state index contributed by atoms with van der Waals surface area (Å²) in [6, 6.07) is 67.7. The van der Waals surface area contributed by atoms with Crippen LogP contribution in [0.25, 0.3) is 120 Å². The molecule has 13 aromatic rings. The van der Waals surface area contributed by atoms with E-state index in [1.165, 1.54) is 120 Å². The lowest BCUT2D eigenvalue weighted by Gasteiger charge is -2.14. The maximum atomic E-state index is 2.57. The summed E-state index contributed by atoms with van der Waals surface area (Å²) in [6.45, 7) is 0. The Morgan fingerprint density at radius 3 is 1.06 bits per heavy atom. The van der Waals surface area contributed by atoms with E-state index < -0.39 is 0 Å². The monoisotopic (exact) mass is 682 g/mol. The zero-order chi connectivity index (χ0) is 35.1. The Balaban J connectivity index is 1.25. The van der Waals surface area contributed by atoms with Crippen LogP contribution in [0.1, 0.15) is 0 Å². The van der Waals surface area contributed by atoms with Crippen LogP contribution in [0.15, 0.2) is 182 Å². The molecule has 248 valence electrons. The number of benzene rings is 10. The maximum absolute atomic E-state index is 2.57. The second-order valence-electron chi connectivity index (χ2n) is 14.8. The summed E-state index contributed by atoms with van der Waals surface area (Å²) in [6.07, 6.45) is 0. The Labute approximate surface area is 309 Å². The molecule has 0 saturated carbocycles. The lowest BCUT2D eigenvalue weighted by Crippen LogP contribution is -1.97. The molecule has 0 fully saturated rings. The van der Waals surface area contributed by atoms with Gasteiger partial charge in [0.15, 0.2) is 0 Å². The van der Waals surface area contributed by atoms with E-state index in [-0.39, 0.29) is 0 Å². The molecule has 0 N–H and O–H groups in total. The average molecular weight is 683 g/mol. The van der Waals surface area contributed by atoms with Gasteiger partial charge in [-0.2, -0.15) is 0 Å². The molecule has 3 heterocycles. The van der Waals surface area contributed by atoms with Crippen LogP contribution >= 0.6 is 0 Å². The van der Waals surface area contributed by atoms with Crippen LogP contribution < -0.4 is 0 Å². The van der Waals surface area contributed by atoms with Gasteiger partial charge in [-0.25, -0.2) is 0 Å². The fourth-order valence-electron chi connectivity index (χ4n) is 10.0. The zero-order valence-corrected chi connectivity index (χ0v) is 29.2. The van der Waals surface area contributed by atoms with Crippen LogP contribution in [0, 0.1) is 0 Å². The van der Waals surface area contributed by atoms with E-state index in [9.17, 15) is 0 Å². The Hall–Kier alpha value is -7.16. The van der Waals surface area contributed by atoms with Crippen molar-refractivity contribution < 1.29 is 0 Å². The second kappa shape index (κ2) is 10.2. The maximum Gasteiger partial charge on any atom is 0.0783 e. The summed E-state index contributed by atoms with van der Waals surface area (Å²) in [5.74, 6) is 0. The number of aromatic nitrogens is 2. The van der Waals surface area contributed by atoms with E-state index in [1.807, 2.05) is 0 Å². The molecule has 0 aliphatic rings.